The number of carbonyl (C=O) groups excluding carboxylic acids is 1. The molecule has 2 rings (SSSR count). The van der Waals surface area contributed by atoms with Crippen molar-refractivity contribution < 1.29 is 4.79 Å². The van der Waals surface area contributed by atoms with Crippen molar-refractivity contribution in [3.8, 4) is 0 Å². The van der Waals surface area contributed by atoms with E-state index >= 15 is 0 Å². The molecule has 0 unspecified atom stereocenters. The van der Waals surface area contributed by atoms with Crippen LogP contribution in [-0.4, -0.2) is 11.6 Å². The van der Waals surface area contributed by atoms with Gasteiger partial charge >= 0.3 is 0 Å². The van der Waals surface area contributed by atoms with E-state index in [1.807, 2.05) is 25.1 Å². The van der Waals surface area contributed by atoms with Crippen LogP contribution < -0.4 is 5.43 Å². The molecule has 16 heavy (non-hydrogen) atoms. The summed E-state index contributed by atoms with van der Waals surface area (Å²) >= 11 is 3.34. The fourth-order valence-electron chi connectivity index (χ4n) is 1.44. The molecule has 0 aliphatic heterocycles. The number of benzene rings is 1. The highest BCUT2D eigenvalue weighted by molar-refractivity contribution is 9.10. The monoisotopic (exact) mass is 280 g/mol. The third-order valence-corrected chi connectivity index (χ3v) is 3.31. The molecular formula is C12H13BrN2O. The Bertz CT molecular complexity index is 438. The van der Waals surface area contributed by atoms with Crippen molar-refractivity contribution in [3.05, 3.63) is 34.3 Å². The highest BCUT2D eigenvalue weighted by atomic mass is 79.9. The van der Waals surface area contributed by atoms with Crippen LogP contribution in [0.3, 0.4) is 0 Å². The Labute approximate surface area is 103 Å². The molecule has 1 aromatic rings. The lowest BCUT2D eigenvalue weighted by Crippen LogP contribution is -2.19. The Hall–Kier alpha value is -1.16. The fraction of sp³-hybridized carbons (Fsp3) is 0.333. The molecule has 1 N–H and O–H groups in total. The molecule has 1 aliphatic rings. The summed E-state index contributed by atoms with van der Waals surface area (Å²) in [5, 5.41) is 4.10. The largest absolute Gasteiger partial charge is 0.272 e. The maximum absolute atomic E-state index is 11.8. The van der Waals surface area contributed by atoms with Crippen molar-refractivity contribution in [2.45, 2.75) is 19.8 Å². The molecule has 4 heteroatoms. The molecule has 0 spiro atoms. The van der Waals surface area contributed by atoms with Crippen molar-refractivity contribution in [1.82, 2.24) is 5.43 Å². The predicted octanol–water partition coefficient (Wildman–Crippen LogP) is 2.96. The average Bonchev–Trinajstić information content (AvgIpc) is 3.10. The van der Waals surface area contributed by atoms with E-state index in [4.69, 9.17) is 0 Å². The van der Waals surface area contributed by atoms with Gasteiger partial charge in [-0.2, -0.15) is 5.10 Å². The van der Waals surface area contributed by atoms with Crippen LogP contribution in [0.5, 0.6) is 0 Å². The van der Waals surface area contributed by atoms with Crippen molar-refractivity contribution in [2.75, 3.05) is 0 Å². The first-order valence-corrected chi connectivity index (χ1v) is 6.07. The molecule has 0 heterocycles. The summed E-state index contributed by atoms with van der Waals surface area (Å²) in [4.78, 5) is 11.8. The number of amides is 1. The van der Waals surface area contributed by atoms with Gasteiger partial charge in [0.05, 0.1) is 5.56 Å². The van der Waals surface area contributed by atoms with Crippen molar-refractivity contribution in [2.24, 2.45) is 11.0 Å². The lowest BCUT2D eigenvalue weighted by Gasteiger charge is -2.03. The van der Waals surface area contributed by atoms with E-state index in [9.17, 15) is 4.79 Å². The summed E-state index contributed by atoms with van der Waals surface area (Å²) in [6.45, 7) is 1.96. The van der Waals surface area contributed by atoms with Crippen molar-refractivity contribution >= 4 is 27.5 Å². The first-order valence-electron chi connectivity index (χ1n) is 5.27. The van der Waals surface area contributed by atoms with Gasteiger partial charge in [0.1, 0.15) is 0 Å². The van der Waals surface area contributed by atoms with Crippen LogP contribution in [0.1, 0.15) is 30.1 Å². The summed E-state index contributed by atoms with van der Waals surface area (Å²) in [5.41, 5.74) is 4.20. The normalized spacial score (nSPS) is 16.0. The molecule has 0 aromatic heterocycles. The number of nitrogens with zero attached hydrogens (tertiary/aromatic N) is 1. The van der Waals surface area contributed by atoms with E-state index in [0.29, 0.717) is 11.5 Å². The minimum Gasteiger partial charge on any atom is -0.267 e. The van der Waals surface area contributed by atoms with Gasteiger partial charge in [-0.1, -0.05) is 12.1 Å². The summed E-state index contributed by atoms with van der Waals surface area (Å²) in [6, 6.07) is 7.31. The predicted molar refractivity (Wildman–Crippen MR) is 67.4 cm³/mol. The summed E-state index contributed by atoms with van der Waals surface area (Å²) < 4.78 is 0.784. The number of rotatable bonds is 3. The van der Waals surface area contributed by atoms with E-state index in [-0.39, 0.29) is 5.91 Å². The molecule has 1 aliphatic carbocycles. The van der Waals surface area contributed by atoms with E-state index in [2.05, 4.69) is 26.5 Å². The fourth-order valence-corrected chi connectivity index (χ4v) is 1.90. The van der Waals surface area contributed by atoms with Crippen LogP contribution in [0.4, 0.5) is 0 Å². The Kier molecular flexibility index (Phi) is 3.39. The number of hydrogen-bond donors (Lipinski definition) is 1. The van der Waals surface area contributed by atoms with Crippen LogP contribution in [0, 0.1) is 5.92 Å². The van der Waals surface area contributed by atoms with Gasteiger partial charge in [0, 0.05) is 10.2 Å². The lowest BCUT2D eigenvalue weighted by atomic mass is 10.2. The Morgan fingerprint density at radius 2 is 2.12 bits per heavy atom. The van der Waals surface area contributed by atoms with Crippen LogP contribution in [0.25, 0.3) is 0 Å². The second-order valence-electron chi connectivity index (χ2n) is 3.95. The summed E-state index contributed by atoms with van der Waals surface area (Å²) in [5.74, 6) is 0.409. The maximum atomic E-state index is 11.8. The topological polar surface area (TPSA) is 41.5 Å². The second-order valence-corrected chi connectivity index (χ2v) is 4.80. The lowest BCUT2D eigenvalue weighted by molar-refractivity contribution is 0.0954. The SMILES string of the molecule is C/C(=N\NC(=O)c1ccccc1Br)C1CC1. The third kappa shape index (κ3) is 2.70. The molecule has 0 saturated heterocycles. The minimum absolute atomic E-state index is 0.174. The molecule has 1 aromatic carbocycles. The van der Waals surface area contributed by atoms with Crippen LogP contribution >= 0.6 is 15.9 Å². The molecule has 0 atom stereocenters. The standard InChI is InChI=1S/C12H13BrN2O/c1-8(9-6-7-9)14-15-12(16)10-4-2-3-5-11(10)13/h2-5,9H,6-7H2,1H3,(H,15,16)/b14-8+. The highest BCUT2D eigenvalue weighted by Gasteiger charge is 2.24. The van der Waals surface area contributed by atoms with Crippen molar-refractivity contribution in [1.29, 1.82) is 0 Å². The van der Waals surface area contributed by atoms with Gasteiger partial charge in [0.25, 0.3) is 5.91 Å². The van der Waals surface area contributed by atoms with Gasteiger partial charge < -0.3 is 0 Å². The molecular weight excluding hydrogens is 268 g/mol. The number of halogens is 1. The Balaban J connectivity index is 2.03. The highest BCUT2D eigenvalue weighted by Crippen LogP contribution is 2.30. The molecule has 3 nitrogen and oxygen atoms in total. The minimum atomic E-state index is -0.174. The summed E-state index contributed by atoms with van der Waals surface area (Å²) in [6.07, 6.45) is 2.39. The first-order chi connectivity index (χ1) is 7.68. The Morgan fingerprint density at radius 3 is 2.75 bits per heavy atom. The number of hydrogen-bond acceptors (Lipinski definition) is 2. The van der Waals surface area contributed by atoms with E-state index in [0.717, 1.165) is 10.2 Å². The smallest absolute Gasteiger partial charge is 0.267 e. The van der Waals surface area contributed by atoms with E-state index < -0.39 is 0 Å². The quantitative estimate of drug-likeness (QED) is 0.671. The van der Waals surface area contributed by atoms with Crippen molar-refractivity contribution in [3.63, 3.8) is 0 Å². The van der Waals surface area contributed by atoms with Gasteiger partial charge in [0.15, 0.2) is 0 Å². The zero-order valence-electron chi connectivity index (χ0n) is 9.03. The molecule has 1 amide bonds. The Morgan fingerprint density at radius 1 is 1.44 bits per heavy atom. The molecule has 0 bridgehead atoms. The second kappa shape index (κ2) is 4.78. The van der Waals surface area contributed by atoms with E-state index in [1.54, 1.807) is 6.07 Å². The van der Waals surface area contributed by atoms with Gasteiger partial charge in [-0.15, -0.1) is 0 Å². The third-order valence-electron chi connectivity index (χ3n) is 2.62. The van der Waals surface area contributed by atoms with Gasteiger partial charge in [-0.05, 0) is 53.7 Å². The van der Waals surface area contributed by atoms with E-state index in [1.165, 1.54) is 12.8 Å². The molecule has 84 valence electrons. The number of nitrogens with one attached hydrogen (secondary N) is 1. The first kappa shape index (κ1) is 11.3. The number of carbonyl (C=O) groups is 1. The van der Waals surface area contributed by atoms with Gasteiger partial charge in [0.2, 0.25) is 0 Å². The van der Waals surface area contributed by atoms with Gasteiger partial charge in [-0.3, -0.25) is 4.79 Å². The molecule has 1 fully saturated rings. The molecule has 1 saturated carbocycles. The maximum Gasteiger partial charge on any atom is 0.272 e. The van der Waals surface area contributed by atoms with Gasteiger partial charge in [-0.25, -0.2) is 5.43 Å². The molecule has 0 radical (unpaired) electrons. The zero-order valence-corrected chi connectivity index (χ0v) is 10.6. The number of hydrazone groups is 1. The van der Waals surface area contributed by atoms with Crippen LogP contribution in [-0.2, 0) is 0 Å². The van der Waals surface area contributed by atoms with Crippen LogP contribution in [0.2, 0.25) is 0 Å². The zero-order chi connectivity index (χ0) is 11.5. The van der Waals surface area contributed by atoms with Crippen LogP contribution in [0.15, 0.2) is 33.8 Å². The summed E-state index contributed by atoms with van der Waals surface area (Å²) in [7, 11) is 0. The average molecular weight is 281 g/mol.